The standard InChI is InChI=1S/C20H25N3O5S/c1-15(20(25)28-2)12-23(13-16-6-4-3-5-7-16)14-19(24)22-17-8-10-18(11-9-17)29(21,26)27/h3-11,15H,12-14H2,1-2H3,(H,22,24)(H2,21,26,27). The zero-order valence-electron chi connectivity index (χ0n) is 16.4. The van der Waals surface area contributed by atoms with Crippen molar-refractivity contribution in [1.29, 1.82) is 0 Å². The average molecular weight is 420 g/mol. The molecule has 0 saturated heterocycles. The first-order valence-electron chi connectivity index (χ1n) is 8.96. The van der Waals surface area contributed by atoms with Gasteiger partial charge < -0.3 is 10.1 Å². The molecule has 0 saturated carbocycles. The zero-order valence-corrected chi connectivity index (χ0v) is 17.2. The number of hydrogen-bond acceptors (Lipinski definition) is 6. The van der Waals surface area contributed by atoms with Gasteiger partial charge in [-0.1, -0.05) is 37.3 Å². The van der Waals surface area contributed by atoms with Crippen molar-refractivity contribution >= 4 is 27.6 Å². The summed E-state index contributed by atoms with van der Waals surface area (Å²) in [6.07, 6.45) is 0. The molecule has 156 valence electrons. The maximum Gasteiger partial charge on any atom is 0.309 e. The second-order valence-electron chi connectivity index (χ2n) is 6.70. The Morgan fingerprint density at radius 2 is 1.72 bits per heavy atom. The fourth-order valence-corrected chi connectivity index (χ4v) is 3.34. The van der Waals surface area contributed by atoms with Crippen LogP contribution in [0.25, 0.3) is 0 Å². The number of nitrogens with one attached hydrogen (secondary N) is 1. The highest BCUT2D eigenvalue weighted by Crippen LogP contribution is 2.14. The third kappa shape index (κ3) is 7.30. The Morgan fingerprint density at radius 1 is 1.10 bits per heavy atom. The van der Waals surface area contributed by atoms with Gasteiger partial charge in [0.05, 0.1) is 24.5 Å². The summed E-state index contributed by atoms with van der Waals surface area (Å²) in [5.41, 5.74) is 1.46. The lowest BCUT2D eigenvalue weighted by Gasteiger charge is -2.24. The van der Waals surface area contributed by atoms with Crippen LogP contribution in [0.1, 0.15) is 12.5 Å². The normalized spacial score (nSPS) is 12.4. The largest absolute Gasteiger partial charge is 0.469 e. The summed E-state index contributed by atoms with van der Waals surface area (Å²) in [5, 5.41) is 7.79. The number of esters is 1. The number of hydrogen-bond donors (Lipinski definition) is 2. The molecule has 2 rings (SSSR count). The maximum absolute atomic E-state index is 12.5. The lowest BCUT2D eigenvalue weighted by atomic mass is 10.1. The molecular weight excluding hydrogens is 394 g/mol. The fraction of sp³-hybridized carbons (Fsp3) is 0.300. The summed E-state index contributed by atoms with van der Waals surface area (Å²) in [6, 6.07) is 15.2. The first-order chi connectivity index (χ1) is 13.7. The number of anilines is 1. The third-order valence-electron chi connectivity index (χ3n) is 4.22. The van der Waals surface area contributed by atoms with Gasteiger partial charge in [0.1, 0.15) is 0 Å². The number of rotatable bonds is 9. The van der Waals surface area contributed by atoms with Crippen LogP contribution in [0.5, 0.6) is 0 Å². The molecule has 0 aliphatic heterocycles. The zero-order chi connectivity index (χ0) is 21.4. The van der Waals surface area contributed by atoms with E-state index in [1.165, 1.54) is 31.4 Å². The first-order valence-corrected chi connectivity index (χ1v) is 10.5. The summed E-state index contributed by atoms with van der Waals surface area (Å²) < 4.78 is 27.4. The minimum atomic E-state index is -3.79. The predicted molar refractivity (Wildman–Crippen MR) is 109 cm³/mol. The first kappa shape index (κ1) is 22.5. The Balaban J connectivity index is 2.06. The molecule has 0 aliphatic carbocycles. The Morgan fingerprint density at radius 3 is 2.28 bits per heavy atom. The Labute approximate surface area is 170 Å². The number of sulfonamides is 1. The molecule has 8 nitrogen and oxygen atoms in total. The van der Waals surface area contributed by atoms with Crippen LogP contribution >= 0.6 is 0 Å². The van der Waals surface area contributed by atoms with E-state index in [-0.39, 0.29) is 23.3 Å². The molecule has 0 aromatic heterocycles. The number of methoxy groups -OCH3 is 1. The van der Waals surface area contributed by atoms with Gasteiger partial charge in [-0.25, -0.2) is 13.6 Å². The molecule has 0 heterocycles. The Bertz CT molecular complexity index is 930. The van der Waals surface area contributed by atoms with Gasteiger partial charge in [-0.2, -0.15) is 0 Å². The van der Waals surface area contributed by atoms with Gasteiger partial charge in [0, 0.05) is 18.8 Å². The summed E-state index contributed by atoms with van der Waals surface area (Å²) in [6.45, 7) is 2.63. The molecule has 29 heavy (non-hydrogen) atoms. The number of amides is 1. The Hall–Kier alpha value is -2.75. The van der Waals surface area contributed by atoms with Gasteiger partial charge in [0.2, 0.25) is 15.9 Å². The highest BCUT2D eigenvalue weighted by Gasteiger charge is 2.20. The van der Waals surface area contributed by atoms with E-state index < -0.39 is 15.9 Å². The van der Waals surface area contributed by atoms with Crippen molar-refractivity contribution in [1.82, 2.24) is 4.90 Å². The van der Waals surface area contributed by atoms with E-state index in [0.717, 1.165) is 5.56 Å². The quantitative estimate of drug-likeness (QED) is 0.596. The van der Waals surface area contributed by atoms with Crippen molar-refractivity contribution in [3.63, 3.8) is 0 Å². The van der Waals surface area contributed by atoms with Crippen LogP contribution in [-0.2, 0) is 30.9 Å². The monoisotopic (exact) mass is 419 g/mol. The molecule has 2 aromatic carbocycles. The Kier molecular flexibility index (Phi) is 7.89. The number of nitrogens with two attached hydrogens (primary N) is 1. The number of benzene rings is 2. The van der Waals surface area contributed by atoms with Gasteiger partial charge >= 0.3 is 5.97 Å². The van der Waals surface area contributed by atoms with Crippen molar-refractivity contribution in [3.05, 3.63) is 60.2 Å². The molecule has 9 heteroatoms. The molecule has 0 spiro atoms. The van der Waals surface area contributed by atoms with Crippen LogP contribution in [0.15, 0.2) is 59.5 Å². The molecule has 0 aliphatic rings. The van der Waals surface area contributed by atoms with Crippen LogP contribution in [0.4, 0.5) is 5.69 Å². The van der Waals surface area contributed by atoms with Crippen molar-refractivity contribution < 1.29 is 22.7 Å². The summed E-state index contributed by atoms with van der Waals surface area (Å²) in [5.74, 6) is -1.03. The van der Waals surface area contributed by atoms with E-state index >= 15 is 0 Å². The number of ether oxygens (including phenoxy) is 1. The fourth-order valence-electron chi connectivity index (χ4n) is 2.82. The number of carbonyl (C=O) groups is 2. The van der Waals surface area contributed by atoms with Gasteiger partial charge in [0.15, 0.2) is 0 Å². The van der Waals surface area contributed by atoms with Gasteiger partial charge in [-0.3, -0.25) is 14.5 Å². The van der Waals surface area contributed by atoms with E-state index in [1.54, 1.807) is 6.92 Å². The molecule has 2 aromatic rings. The molecule has 0 radical (unpaired) electrons. The second-order valence-corrected chi connectivity index (χ2v) is 8.26. The van der Waals surface area contributed by atoms with Crippen LogP contribution < -0.4 is 10.5 Å². The van der Waals surface area contributed by atoms with E-state index in [1.807, 2.05) is 35.2 Å². The topological polar surface area (TPSA) is 119 Å². The van der Waals surface area contributed by atoms with E-state index in [0.29, 0.717) is 18.8 Å². The highest BCUT2D eigenvalue weighted by molar-refractivity contribution is 7.89. The molecule has 1 unspecified atom stereocenters. The van der Waals surface area contributed by atoms with Gasteiger partial charge in [-0.15, -0.1) is 0 Å². The molecule has 1 atom stereocenters. The third-order valence-corrected chi connectivity index (χ3v) is 5.15. The van der Waals surface area contributed by atoms with Crippen LogP contribution in [-0.4, -0.2) is 45.4 Å². The molecule has 0 fully saturated rings. The minimum Gasteiger partial charge on any atom is -0.469 e. The van der Waals surface area contributed by atoms with Gasteiger partial charge in [-0.05, 0) is 29.8 Å². The van der Waals surface area contributed by atoms with Crippen LogP contribution in [0.3, 0.4) is 0 Å². The lowest BCUT2D eigenvalue weighted by Crippen LogP contribution is -2.37. The second kappa shape index (κ2) is 10.1. The average Bonchev–Trinajstić information content (AvgIpc) is 2.67. The number of primary sulfonamides is 1. The van der Waals surface area contributed by atoms with E-state index in [4.69, 9.17) is 9.88 Å². The predicted octanol–water partition coefficient (Wildman–Crippen LogP) is 1.58. The summed E-state index contributed by atoms with van der Waals surface area (Å²) >= 11 is 0. The van der Waals surface area contributed by atoms with Crippen LogP contribution in [0.2, 0.25) is 0 Å². The van der Waals surface area contributed by atoms with E-state index in [9.17, 15) is 18.0 Å². The van der Waals surface area contributed by atoms with Crippen molar-refractivity contribution in [2.75, 3.05) is 25.5 Å². The van der Waals surface area contributed by atoms with Crippen molar-refractivity contribution in [3.8, 4) is 0 Å². The number of nitrogens with zero attached hydrogens (tertiary/aromatic N) is 1. The smallest absolute Gasteiger partial charge is 0.309 e. The van der Waals surface area contributed by atoms with Gasteiger partial charge in [0.25, 0.3) is 0 Å². The SMILES string of the molecule is COC(=O)C(C)CN(CC(=O)Nc1ccc(S(N)(=O)=O)cc1)Cc1ccccc1. The van der Waals surface area contributed by atoms with E-state index in [2.05, 4.69) is 5.32 Å². The van der Waals surface area contributed by atoms with Crippen LogP contribution in [0, 0.1) is 5.92 Å². The molecular formula is C20H25N3O5S. The van der Waals surface area contributed by atoms with Crippen molar-refractivity contribution in [2.24, 2.45) is 11.1 Å². The molecule has 1 amide bonds. The molecule has 3 N–H and O–H groups in total. The minimum absolute atomic E-state index is 0.0342. The lowest BCUT2D eigenvalue weighted by molar-refractivity contribution is -0.145. The highest BCUT2D eigenvalue weighted by atomic mass is 32.2. The number of carbonyl (C=O) groups excluding carboxylic acids is 2. The molecule has 0 bridgehead atoms. The summed E-state index contributed by atoms with van der Waals surface area (Å²) in [7, 11) is -2.46. The maximum atomic E-state index is 12.5. The summed E-state index contributed by atoms with van der Waals surface area (Å²) in [4.78, 5) is 26.1. The van der Waals surface area contributed by atoms with Crippen molar-refractivity contribution in [2.45, 2.75) is 18.4 Å².